The van der Waals surface area contributed by atoms with Crippen LogP contribution in [0.25, 0.3) is 0 Å². The Hall–Kier alpha value is -1.62. The minimum atomic E-state index is 0.239. The lowest BCUT2D eigenvalue weighted by atomic mass is 10.0. The van der Waals surface area contributed by atoms with Gasteiger partial charge in [-0.3, -0.25) is 0 Å². The zero-order chi connectivity index (χ0) is 13.1. The molecule has 0 aliphatic rings. The summed E-state index contributed by atoms with van der Waals surface area (Å²) in [5, 5.41) is 0. The largest absolute Gasteiger partial charge is 0.424 e. The van der Waals surface area contributed by atoms with Gasteiger partial charge >= 0.3 is 6.01 Å². The van der Waals surface area contributed by atoms with Crippen LogP contribution >= 0.6 is 15.9 Å². The molecule has 0 unspecified atom stereocenters. The van der Waals surface area contributed by atoms with E-state index in [9.17, 15) is 0 Å². The van der Waals surface area contributed by atoms with Gasteiger partial charge in [0.25, 0.3) is 0 Å². The minimum Gasteiger partial charge on any atom is -0.424 e. The Morgan fingerprint density at radius 3 is 2.67 bits per heavy atom. The number of nitrogen functional groups attached to an aromatic ring is 1. The first kappa shape index (κ1) is 12.8. The molecule has 0 amide bonds. The Labute approximate surface area is 114 Å². The number of ether oxygens (including phenoxy) is 1. The van der Waals surface area contributed by atoms with Crippen molar-refractivity contribution >= 4 is 21.7 Å². The van der Waals surface area contributed by atoms with Crippen LogP contribution in [-0.2, 0) is 0 Å². The van der Waals surface area contributed by atoms with Crippen LogP contribution in [0.5, 0.6) is 11.8 Å². The van der Waals surface area contributed by atoms with Crippen LogP contribution in [0.1, 0.15) is 25.3 Å². The van der Waals surface area contributed by atoms with E-state index in [0.29, 0.717) is 22.1 Å². The van der Waals surface area contributed by atoms with E-state index in [2.05, 4.69) is 45.8 Å². The molecule has 0 radical (unpaired) electrons. The molecule has 1 heterocycles. The Morgan fingerprint density at radius 1 is 1.22 bits per heavy atom. The molecule has 1 aromatic carbocycles. The fourth-order valence-electron chi connectivity index (χ4n) is 1.50. The highest BCUT2D eigenvalue weighted by Crippen LogP contribution is 2.24. The van der Waals surface area contributed by atoms with Crippen LogP contribution < -0.4 is 10.5 Å². The third-order valence-electron chi connectivity index (χ3n) is 2.43. The smallest absolute Gasteiger partial charge is 0.325 e. The first-order valence-corrected chi connectivity index (χ1v) is 6.42. The molecule has 2 N–H and O–H groups in total. The molecule has 18 heavy (non-hydrogen) atoms. The van der Waals surface area contributed by atoms with Crippen molar-refractivity contribution in [2.45, 2.75) is 19.8 Å². The van der Waals surface area contributed by atoms with Crippen LogP contribution in [0.3, 0.4) is 0 Å². The van der Waals surface area contributed by atoms with E-state index in [-0.39, 0.29) is 6.01 Å². The van der Waals surface area contributed by atoms with Crippen molar-refractivity contribution in [3.63, 3.8) is 0 Å². The van der Waals surface area contributed by atoms with Crippen LogP contribution in [-0.4, -0.2) is 9.97 Å². The van der Waals surface area contributed by atoms with E-state index in [4.69, 9.17) is 10.5 Å². The summed E-state index contributed by atoms with van der Waals surface area (Å²) < 4.78 is 6.20. The molecule has 5 heteroatoms. The normalized spacial score (nSPS) is 10.7. The summed E-state index contributed by atoms with van der Waals surface area (Å²) in [6, 6.07) is 9.72. The fraction of sp³-hybridized carbons (Fsp3) is 0.231. The number of aromatic nitrogens is 2. The summed E-state index contributed by atoms with van der Waals surface area (Å²) in [5.74, 6) is 1.52. The summed E-state index contributed by atoms with van der Waals surface area (Å²) in [6.45, 7) is 4.26. The summed E-state index contributed by atoms with van der Waals surface area (Å²) in [4.78, 5) is 8.13. The monoisotopic (exact) mass is 307 g/mol. The van der Waals surface area contributed by atoms with Gasteiger partial charge in [-0.15, -0.1) is 0 Å². The lowest BCUT2D eigenvalue weighted by molar-refractivity contribution is 0.441. The maximum Gasteiger partial charge on any atom is 0.325 e. The van der Waals surface area contributed by atoms with Crippen molar-refractivity contribution in [1.29, 1.82) is 0 Å². The average molecular weight is 308 g/mol. The van der Waals surface area contributed by atoms with Crippen molar-refractivity contribution in [2.24, 2.45) is 0 Å². The molecule has 0 fully saturated rings. The van der Waals surface area contributed by atoms with Crippen LogP contribution in [0.2, 0.25) is 0 Å². The quantitative estimate of drug-likeness (QED) is 0.878. The van der Waals surface area contributed by atoms with E-state index in [1.54, 1.807) is 6.07 Å². The van der Waals surface area contributed by atoms with Gasteiger partial charge in [-0.2, -0.15) is 9.97 Å². The van der Waals surface area contributed by atoms with Crippen molar-refractivity contribution in [3.05, 3.63) is 40.5 Å². The molecule has 0 bridgehead atoms. The summed E-state index contributed by atoms with van der Waals surface area (Å²) in [7, 11) is 0. The van der Waals surface area contributed by atoms with E-state index in [1.807, 2.05) is 18.2 Å². The predicted molar refractivity (Wildman–Crippen MR) is 74.7 cm³/mol. The van der Waals surface area contributed by atoms with Crippen LogP contribution in [0.4, 0.5) is 5.82 Å². The van der Waals surface area contributed by atoms with Crippen LogP contribution in [0.15, 0.2) is 34.9 Å². The van der Waals surface area contributed by atoms with Crippen molar-refractivity contribution < 1.29 is 4.74 Å². The van der Waals surface area contributed by atoms with Crippen molar-refractivity contribution in [2.75, 3.05) is 5.73 Å². The first-order valence-electron chi connectivity index (χ1n) is 5.62. The number of benzene rings is 1. The molecule has 0 saturated carbocycles. The third kappa shape index (κ3) is 3.20. The second-order valence-corrected chi connectivity index (χ2v) is 5.04. The Balaban J connectivity index is 2.25. The molecular weight excluding hydrogens is 294 g/mol. The lowest BCUT2D eigenvalue weighted by Gasteiger charge is -2.08. The summed E-state index contributed by atoms with van der Waals surface area (Å²) >= 11 is 3.25. The molecule has 0 atom stereocenters. The van der Waals surface area contributed by atoms with Gasteiger partial charge in [0.05, 0.1) is 0 Å². The molecule has 0 aliphatic heterocycles. The SMILES string of the molecule is CC(C)c1cccc(Oc2nc(N)cc(Br)n2)c1. The number of halogens is 1. The molecule has 2 rings (SSSR count). The number of hydrogen-bond acceptors (Lipinski definition) is 4. The van der Waals surface area contributed by atoms with Gasteiger partial charge < -0.3 is 10.5 Å². The zero-order valence-corrected chi connectivity index (χ0v) is 11.8. The van der Waals surface area contributed by atoms with Crippen molar-refractivity contribution in [3.8, 4) is 11.8 Å². The first-order chi connectivity index (χ1) is 8.54. The topological polar surface area (TPSA) is 61.0 Å². The predicted octanol–water partition coefficient (Wildman–Crippen LogP) is 3.74. The van der Waals surface area contributed by atoms with Gasteiger partial charge in [0.2, 0.25) is 0 Å². The Kier molecular flexibility index (Phi) is 3.81. The highest BCUT2D eigenvalue weighted by molar-refractivity contribution is 9.10. The molecule has 4 nitrogen and oxygen atoms in total. The maximum absolute atomic E-state index is 5.63. The van der Waals surface area contributed by atoms with Crippen molar-refractivity contribution in [1.82, 2.24) is 9.97 Å². The van der Waals surface area contributed by atoms with Gasteiger partial charge in [-0.25, -0.2) is 0 Å². The Morgan fingerprint density at radius 2 is 2.00 bits per heavy atom. The highest BCUT2D eigenvalue weighted by Gasteiger charge is 2.05. The maximum atomic E-state index is 5.63. The molecule has 0 aliphatic carbocycles. The highest BCUT2D eigenvalue weighted by atomic mass is 79.9. The number of anilines is 1. The number of hydrogen-bond donors (Lipinski definition) is 1. The molecule has 0 saturated heterocycles. The van der Waals surface area contributed by atoms with E-state index < -0.39 is 0 Å². The van der Waals surface area contributed by atoms with E-state index >= 15 is 0 Å². The minimum absolute atomic E-state index is 0.239. The molecule has 1 aromatic heterocycles. The molecule has 94 valence electrons. The lowest BCUT2D eigenvalue weighted by Crippen LogP contribution is -1.97. The number of nitrogens with zero attached hydrogens (tertiary/aromatic N) is 2. The van der Waals surface area contributed by atoms with Gasteiger partial charge in [-0.1, -0.05) is 26.0 Å². The summed E-state index contributed by atoms with van der Waals surface area (Å²) in [6.07, 6.45) is 0. The zero-order valence-electron chi connectivity index (χ0n) is 10.2. The molecule has 0 spiro atoms. The fourth-order valence-corrected chi connectivity index (χ4v) is 1.89. The second kappa shape index (κ2) is 5.35. The van der Waals surface area contributed by atoms with Crippen LogP contribution in [0, 0.1) is 0 Å². The van der Waals surface area contributed by atoms with Gasteiger partial charge in [0, 0.05) is 6.07 Å². The molecular formula is C13H14BrN3O. The third-order valence-corrected chi connectivity index (χ3v) is 2.83. The summed E-state index contributed by atoms with van der Waals surface area (Å²) in [5.41, 5.74) is 6.83. The van der Waals surface area contributed by atoms with Gasteiger partial charge in [0.1, 0.15) is 16.2 Å². The van der Waals surface area contributed by atoms with Gasteiger partial charge in [-0.05, 0) is 39.5 Å². The average Bonchev–Trinajstić information content (AvgIpc) is 2.27. The van der Waals surface area contributed by atoms with E-state index in [1.165, 1.54) is 5.56 Å². The standard InChI is InChI=1S/C13H14BrN3O/c1-8(2)9-4-3-5-10(6-9)18-13-16-11(14)7-12(15)17-13/h3-8H,1-2H3,(H2,15,16,17). The number of nitrogens with two attached hydrogens (primary N) is 1. The number of rotatable bonds is 3. The Bertz CT molecular complexity index is 537. The second-order valence-electron chi connectivity index (χ2n) is 4.23. The molecule has 2 aromatic rings. The van der Waals surface area contributed by atoms with Gasteiger partial charge in [0.15, 0.2) is 0 Å². The van der Waals surface area contributed by atoms with E-state index in [0.717, 1.165) is 0 Å².